The van der Waals surface area contributed by atoms with Crippen molar-refractivity contribution in [2.75, 3.05) is 13.1 Å². The van der Waals surface area contributed by atoms with Crippen LogP contribution in [0.15, 0.2) is 4.99 Å². The molecule has 2 atom stereocenters. The van der Waals surface area contributed by atoms with Crippen LogP contribution >= 0.6 is 0 Å². The average Bonchev–Trinajstić information content (AvgIpc) is 2.68. The van der Waals surface area contributed by atoms with Crippen LogP contribution in [-0.2, 0) is 4.74 Å². The first-order valence-corrected chi connectivity index (χ1v) is 5.84. The maximum Gasteiger partial charge on any atom is 0.201 e. The van der Waals surface area contributed by atoms with Crippen molar-refractivity contribution in [1.29, 1.82) is 0 Å². The summed E-state index contributed by atoms with van der Waals surface area (Å²) in [6, 6.07) is 0.408. The molecule has 2 aliphatic heterocycles. The predicted octanol–water partition coefficient (Wildman–Crippen LogP) is 1.73. The van der Waals surface area contributed by atoms with Gasteiger partial charge in [0, 0.05) is 0 Å². The highest BCUT2D eigenvalue weighted by atomic mass is 16.5. The number of hydrogen-bond donors (Lipinski definition) is 1. The quantitative estimate of drug-likeness (QED) is 0.745. The summed E-state index contributed by atoms with van der Waals surface area (Å²) < 4.78 is 5.83. The summed E-state index contributed by atoms with van der Waals surface area (Å²) in [5, 5.41) is 3.47. The lowest BCUT2D eigenvalue weighted by Crippen LogP contribution is -2.41. The summed E-state index contributed by atoms with van der Waals surface area (Å²) in [7, 11) is 0. The molecule has 0 aromatic heterocycles. The number of aliphatic imine (C=N–C) groups is 1. The molecular formula is C11H20N2O. The van der Waals surface area contributed by atoms with Crippen molar-refractivity contribution in [3.05, 3.63) is 0 Å². The highest BCUT2D eigenvalue weighted by Crippen LogP contribution is 2.16. The fraction of sp³-hybridized carbons (Fsp3) is 0.909. The van der Waals surface area contributed by atoms with Gasteiger partial charge in [0.15, 0.2) is 0 Å². The van der Waals surface area contributed by atoms with Crippen LogP contribution in [0.1, 0.15) is 39.0 Å². The van der Waals surface area contributed by atoms with Crippen molar-refractivity contribution in [1.82, 2.24) is 5.32 Å². The molecule has 1 fully saturated rings. The Hall–Kier alpha value is -0.570. The normalized spacial score (nSPS) is 32.5. The van der Waals surface area contributed by atoms with Gasteiger partial charge in [0.2, 0.25) is 5.90 Å². The van der Waals surface area contributed by atoms with E-state index in [9.17, 15) is 0 Å². The molecular weight excluding hydrogens is 176 g/mol. The van der Waals surface area contributed by atoms with Crippen molar-refractivity contribution in [2.45, 2.75) is 51.2 Å². The van der Waals surface area contributed by atoms with Gasteiger partial charge in [-0.2, -0.15) is 0 Å². The first-order chi connectivity index (χ1) is 6.90. The summed E-state index contributed by atoms with van der Waals surface area (Å²) in [6.45, 7) is 4.19. The second kappa shape index (κ2) is 4.78. The van der Waals surface area contributed by atoms with Crippen molar-refractivity contribution in [3.8, 4) is 0 Å². The lowest BCUT2D eigenvalue weighted by Gasteiger charge is -2.23. The number of nitrogens with zero attached hydrogens (tertiary/aromatic N) is 1. The summed E-state index contributed by atoms with van der Waals surface area (Å²) in [6.07, 6.45) is 6.47. The van der Waals surface area contributed by atoms with E-state index >= 15 is 0 Å². The second-order valence-corrected chi connectivity index (χ2v) is 4.21. The van der Waals surface area contributed by atoms with Gasteiger partial charge in [-0.15, -0.1) is 0 Å². The van der Waals surface area contributed by atoms with Crippen LogP contribution in [0.4, 0.5) is 0 Å². The molecule has 14 heavy (non-hydrogen) atoms. The number of piperidine rings is 1. The molecule has 0 aromatic rings. The Morgan fingerprint density at radius 2 is 2.43 bits per heavy atom. The molecule has 80 valence electrons. The molecule has 2 rings (SSSR count). The Morgan fingerprint density at radius 1 is 1.50 bits per heavy atom. The molecule has 2 unspecified atom stereocenters. The smallest absolute Gasteiger partial charge is 0.201 e. The van der Waals surface area contributed by atoms with Crippen molar-refractivity contribution < 1.29 is 4.74 Å². The Balaban J connectivity index is 1.81. The lowest BCUT2D eigenvalue weighted by molar-refractivity contribution is 0.198. The van der Waals surface area contributed by atoms with E-state index in [1.807, 2.05) is 0 Å². The van der Waals surface area contributed by atoms with Gasteiger partial charge in [-0.25, -0.2) is 0 Å². The van der Waals surface area contributed by atoms with Gasteiger partial charge in [0.1, 0.15) is 6.10 Å². The van der Waals surface area contributed by atoms with Crippen LogP contribution in [0.2, 0.25) is 0 Å². The topological polar surface area (TPSA) is 33.6 Å². The van der Waals surface area contributed by atoms with E-state index in [1.54, 1.807) is 0 Å². The van der Waals surface area contributed by atoms with Crippen LogP contribution in [0, 0.1) is 0 Å². The van der Waals surface area contributed by atoms with Gasteiger partial charge in [-0.1, -0.05) is 19.8 Å². The second-order valence-electron chi connectivity index (χ2n) is 4.21. The number of hydrogen-bond acceptors (Lipinski definition) is 3. The summed E-state index contributed by atoms with van der Waals surface area (Å²) in [5.74, 6) is 0.975. The summed E-state index contributed by atoms with van der Waals surface area (Å²) in [5.41, 5.74) is 0. The lowest BCUT2D eigenvalue weighted by atomic mass is 10.1. The minimum Gasteiger partial charge on any atom is -0.475 e. The van der Waals surface area contributed by atoms with Gasteiger partial charge in [-0.05, 0) is 25.8 Å². The molecule has 0 radical (unpaired) electrons. The monoisotopic (exact) mass is 196 g/mol. The third-order valence-corrected chi connectivity index (χ3v) is 2.96. The minimum absolute atomic E-state index is 0.360. The Morgan fingerprint density at radius 3 is 3.14 bits per heavy atom. The predicted molar refractivity (Wildman–Crippen MR) is 57.7 cm³/mol. The van der Waals surface area contributed by atoms with Gasteiger partial charge in [-0.3, -0.25) is 4.99 Å². The number of ether oxygens (including phenoxy) is 1. The van der Waals surface area contributed by atoms with Crippen molar-refractivity contribution >= 4 is 5.90 Å². The molecule has 3 nitrogen and oxygen atoms in total. The molecule has 0 saturated carbocycles. The van der Waals surface area contributed by atoms with Crippen LogP contribution in [0.25, 0.3) is 0 Å². The van der Waals surface area contributed by atoms with E-state index in [2.05, 4.69) is 17.2 Å². The molecule has 0 aliphatic carbocycles. The molecule has 1 N–H and O–H groups in total. The first kappa shape index (κ1) is 9.97. The fourth-order valence-electron chi connectivity index (χ4n) is 2.16. The largest absolute Gasteiger partial charge is 0.475 e. The SMILES string of the molecule is CCCC1CN=C(C2CCCCN2)O1. The zero-order chi connectivity index (χ0) is 9.80. The Labute approximate surface area is 85.9 Å². The zero-order valence-electron chi connectivity index (χ0n) is 8.96. The molecule has 0 aromatic carbocycles. The van der Waals surface area contributed by atoms with Crippen LogP contribution in [0.3, 0.4) is 0 Å². The van der Waals surface area contributed by atoms with Crippen LogP contribution < -0.4 is 5.32 Å². The maximum atomic E-state index is 5.83. The Bertz CT molecular complexity index is 209. The molecule has 0 spiro atoms. The van der Waals surface area contributed by atoms with Gasteiger partial charge < -0.3 is 10.1 Å². The third kappa shape index (κ3) is 2.27. The van der Waals surface area contributed by atoms with E-state index in [4.69, 9.17) is 4.74 Å². The molecule has 0 amide bonds. The third-order valence-electron chi connectivity index (χ3n) is 2.96. The minimum atomic E-state index is 0.360. The highest BCUT2D eigenvalue weighted by Gasteiger charge is 2.26. The Kier molecular flexibility index (Phi) is 3.40. The van der Waals surface area contributed by atoms with Gasteiger partial charge in [0.05, 0.1) is 12.6 Å². The number of rotatable bonds is 3. The van der Waals surface area contributed by atoms with E-state index in [-0.39, 0.29) is 0 Å². The van der Waals surface area contributed by atoms with E-state index in [0.29, 0.717) is 12.1 Å². The summed E-state index contributed by atoms with van der Waals surface area (Å²) >= 11 is 0. The zero-order valence-corrected chi connectivity index (χ0v) is 8.96. The highest BCUT2D eigenvalue weighted by molar-refractivity contribution is 5.83. The molecule has 2 aliphatic rings. The molecule has 3 heteroatoms. The first-order valence-electron chi connectivity index (χ1n) is 5.84. The number of nitrogens with one attached hydrogen (secondary N) is 1. The van der Waals surface area contributed by atoms with Crippen LogP contribution in [-0.4, -0.2) is 31.1 Å². The van der Waals surface area contributed by atoms with Gasteiger partial charge in [0.25, 0.3) is 0 Å². The van der Waals surface area contributed by atoms with Crippen LogP contribution in [0.5, 0.6) is 0 Å². The fourth-order valence-corrected chi connectivity index (χ4v) is 2.16. The molecule has 0 bridgehead atoms. The van der Waals surface area contributed by atoms with E-state index < -0.39 is 0 Å². The maximum absolute atomic E-state index is 5.83. The summed E-state index contributed by atoms with van der Waals surface area (Å²) in [4.78, 5) is 4.49. The van der Waals surface area contributed by atoms with Crippen molar-refractivity contribution in [3.63, 3.8) is 0 Å². The molecule has 2 heterocycles. The standard InChI is InChI=1S/C11H20N2O/c1-2-5-9-8-13-11(14-9)10-6-3-4-7-12-10/h9-10,12H,2-8H2,1H3. The van der Waals surface area contributed by atoms with Gasteiger partial charge >= 0.3 is 0 Å². The molecule has 1 saturated heterocycles. The van der Waals surface area contributed by atoms with E-state index in [1.165, 1.54) is 25.7 Å². The van der Waals surface area contributed by atoms with Crippen molar-refractivity contribution in [2.24, 2.45) is 4.99 Å². The average molecular weight is 196 g/mol. The van der Waals surface area contributed by atoms with E-state index in [0.717, 1.165) is 25.4 Å².